The van der Waals surface area contributed by atoms with Crippen molar-refractivity contribution in [1.82, 2.24) is 10.2 Å². The second-order valence-corrected chi connectivity index (χ2v) is 7.51. The van der Waals surface area contributed by atoms with Crippen molar-refractivity contribution in [3.63, 3.8) is 0 Å². The molecule has 1 aliphatic rings. The monoisotopic (exact) mass is 338 g/mol. The van der Waals surface area contributed by atoms with Crippen molar-refractivity contribution < 1.29 is 14.1 Å². The van der Waals surface area contributed by atoms with Crippen LogP contribution in [0.1, 0.15) is 31.2 Å². The van der Waals surface area contributed by atoms with Gasteiger partial charge in [0, 0.05) is 41.6 Å². The third kappa shape index (κ3) is 5.95. The van der Waals surface area contributed by atoms with Gasteiger partial charge in [0.15, 0.2) is 0 Å². The zero-order chi connectivity index (χ0) is 16.7. The number of nitrogens with one attached hydrogen (secondary N) is 1. The van der Waals surface area contributed by atoms with Crippen molar-refractivity contribution in [1.29, 1.82) is 0 Å². The van der Waals surface area contributed by atoms with Gasteiger partial charge in [-0.2, -0.15) is 0 Å². The molecule has 1 aliphatic heterocycles. The molecule has 1 aromatic rings. The molecule has 1 aromatic carbocycles. The first-order chi connectivity index (χ1) is 11.1. The quantitative estimate of drug-likeness (QED) is 0.750. The molecule has 5 nitrogen and oxygen atoms in total. The van der Waals surface area contributed by atoms with Crippen molar-refractivity contribution in [2.24, 2.45) is 5.92 Å². The highest BCUT2D eigenvalue weighted by Crippen LogP contribution is 2.21. The average Bonchev–Trinajstić information content (AvgIpc) is 2.55. The summed E-state index contributed by atoms with van der Waals surface area (Å²) in [6.45, 7) is 3.16. The Morgan fingerprint density at radius 3 is 2.52 bits per heavy atom. The van der Waals surface area contributed by atoms with Crippen molar-refractivity contribution in [2.75, 3.05) is 25.9 Å². The fourth-order valence-corrected chi connectivity index (χ4v) is 3.48. The lowest BCUT2D eigenvalue weighted by molar-refractivity contribution is 0.123. The SMILES string of the molecule is CS(=O)c1ccc(CNCCCC2CCN(C(=O)O)CC2)cc1. The summed E-state index contributed by atoms with van der Waals surface area (Å²) in [5, 5.41) is 12.4. The number of carboxylic acid groups (broad SMARTS) is 1. The standard InChI is InChI=1S/C17H26N2O3S/c1-23(22)16-6-4-15(5-7-16)13-18-10-2-3-14-8-11-19(12-9-14)17(20)21/h4-7,14,18H,2-3,8-13H2,1H3,(H,20,21). The summed E-state index contributed by atoms with van der Waals surface area (Å²) in [6.07, 6.45) is 5.16. The Kier molecular flexibility index (Phi) is 7.05. The second-order valence-electron chi connectivity index (χ2n) is 6.13. The normalized spacial score (nSPS) is 17.2. The lowest BCUT2D eigenvalue weighted by atomic mass is 9.92. The first kappa shape index (κ1) is 17.9. The summed E-state index contributed by atoms with van der Waals surface area (Å²) < 4.78 is 11.3. The minimum atomic E-state index is -0.915. The van der Waals surface area contributed by atoms with Gasteiger partial charge in [-0.05, 0) is 55.8 Å². The Morgan fingerprint density at radius 1 is 1.30 bits per heavy atom. The number of piperidine rings is 1. The fraction of sp³-hybridized carbons (Fsp3) is 0.588. The van der Waals surface area contributed by atoms with Crippen LogP contribution in [0.25, 0.3) is 0 Å². The van der Waals surface area contributed by atoms with Gasteiger partial charge in [0.05, 0.1) is 0 Å². The third-order valence-electron chi connectivity index (χ3n) is 4.44. The number of nitrogens with zero attached hydrogens (tertiary/aromatic N) is 1. The Hall–Kier alpha value is -1.40. The summed E-state index contributed by atoms with van der Waals surface area (Å²) >= 11 is 0. The molecule has 1 unspecified atom stereocenters. The van der Waals surface area contributed by atoms with Gasteiger partial charge in [-0.25, -0.2) is 4.79 Å². The van der Waals surface area contributed by atoms with Gasteiger partial charge in [0.2, 0.25) is 0 Å². The van der Waals surface area contributed by atoms with Gasteiger partial charge >= 0.3 is 6.09 Å². The Balaban J connectivity index is 1.57. The predicted molar refractivity (Wildman–Crippen MR) is 92.0 cm³/mol. The van der Waals surface area contributed by atoms with Gasteiger partial charge in [-0.15, -0.1) is 0 Å². The van der Waals surface area contributed by atoms with Crippen molar-refractivity contribution in [2.45, 2.75) is 37.1 Å². The highest BCUT2D eigenvalue weighted by Gasteiger charge is 2.21. The van der Waals surface area contributed by atoms with Crippen LogP contribution in [0.5, 0.6) is 0 Å². The molecule has 0 aromatic heterocycles. The lowest BCUT2D eigenvalue weighted by Gasteiger charge is -2.29. The zero-order valence-corrected chi connectivity index (χ0v) is 14.5. The highest BCUT2D eigenvalue weighted by atomic mass is 32.2. The highest BCUT2D eigenvalue weighted by molar-refractivity contribution is 7.84. The minimum absolute atomic E-state index is 0.659. The maximum absolute atomic E-state index is 11.3. The molecule has 0 spiro atoms. The van der Waals surface area contributed by atoms with Crippen LogP contribution in [0.15, 0.2) is 29.2 Å². The fourth-order valence-electron chi connectivity index (χ4n) is 2.96. The van der Waals surface area contributed by atoms with E-state index in [-0.39, 0.29) is 0 Å². The van der Waals surface area contributed by atoms with Crippen LogP contribution < -0.4 is 5.32 Å². The van der Waals surface area contributed by atoms with Crippen LogP contribution >= 0.6 is 0 Å². The van der Waals surface area contributed by atoms with E-state index in [1.807, 2.05) is 24.3 Å². The summed E-state index contributed by atoms with van der Waals surface area (Å²) in [7, 11) is -0.915. The first-order valence-corrected chi connectivity index (χ1v) is 9.73. The maximum Gasteiger partial charge on any atom is 0.407 e. The third-order valence-corrected chi connectivity index (χ3v) is 5.37. The molecule has 1 saturated heterocycles. The molecule has 0 aliphatic carbocycles. The molecule has 0 radical (unpaired) electrons. The summed E-state index contributed by atoms with van der Waals surface area (Å²) in [6, 6.07) is 7.88. The van der Waals surface area contributed by atoms with E-state index >= 15 is 0 Å². The number of rotatable bonds is 7. The average molecular weight is 338 g/mol. The number of amides is 1. The van der Waals surface area contributed by atoms with Gasteiger partial charge in [-0.3, -0.25) is 4.21 Å². The van der Waals surface area contributed by atoms with Gasteiger partial charge in [0.1, 0.15) is 0 Å². The van der Waals surface area contributed by atoms with Crippen molar-refractivity contribution in [3.05, 3.63) is 29.8 Å². The van der Waals surface area contributed by atoms with E-state index in [0.717, 1.165) is 43.7 Å². The van der Waals surface area contributed by atoms with Crippen LogP contribution in [0.2, 0.25) is 0 Å². The van der Waals surface area contributed by atoms with Crippen LogP contribution in [-0.2, 0) is 17.3 Å². The molecule has 0 bridgehead atoms. The first-order valence-electron chi connectivity index (χ1n) is 8.17. The molecule has 128 valence electrons. The number of hydrogen-bond acceptors (Lipinski definition) is 3. The minimum Gasteiger partial charge on any atom is -0.465 e. The predicted octanol–water partition coefficient (Wildman–Crippen LogP) is 2.68. The molecule has 1 heterocycles. The summed E-state index contributed by atoms with van der Waals surface area (Å²) in [4.78, 5) is 13.2. The number of carbonyl (C=O) groups is 1. The van der Waals surface area contributed by atoms with Gasteiger partial charge < -0.3 is 15.3 Å². The molecule has 2 rings (SSSR count). The summed E-state index contributed by atoms with van der Waals surface area (Å²) in [5.41, 5.74) is 1.20. The zero-order valence-electron chi connectivity index (χ0n) is 13.7. The molecule has 2 N–H and O–H groups in total. The molecule has 1 fully saturated rings. The second kappa shape index (κ2) is 9.03. The van der Waals surface area contributed by atoms with Crippen molar-refractivity contribution >= 4 is 16.9 Å². The lowest BCUT2D eigenvalue weighted by Crippen LogP contribution is -2.37. The van der Waals surface area contributed by atoms with E-state index in [4.69, 9.17) is 5.11 Å². The van der Waals surface area contributed by atoms with E-state index in [9.17, 15) is 9.00 Å². The topological polar surface area (TPSA) is 69.6 Å². The van der Waals surface area contributed by atoms with Crippen LogP contribution in [0, 0.1) is 5.92 Å². The Labute approximate surface area is 140 Å². The number of likely N-dealkylation sites (tertiary alicyclic amines) is 1. The van der Waals surface area contributed by atoms with E-state index in [0.29, 0.717) is 19.0 Å². The van der Waals surface area contributed by atoms with Crippen LogP contribution in [-0.4, -0.2) is 46.2 Å². The number of benzene rings is 1. The van der Waals surface area contributed by atoms with Crippen LogP contribution in [0.3, 0.4) is 0 Å². The summed E-state index contributed by atoms with van der Waals surface area (Å²) in [5.74, 6) is 0.659. The molecular weight excluding hydrogens is 312 g/mol. The molecule has 1 atom stereocenters. The molecule has 23 heavy (non-hydrogen) atoms. The maximum atomic E-state index is 11.3. The van der Waals surface area contributed by atoms with E-state index in [2.05, 4.69) is 5.32 Å². The molecular formula is C17H26N2O3S. The van der Waals surface area contributed by atoms with Crippen molar-refractivity contribution in [3.8, 4) is 0 Å². The Bertz CT molecular complexity index is 525. The molecule has 1 amide bonds. The van der Waals surface area contributed by atoms with E-state index < -0.39 is 16.9 Å². The molecule has 6 heteroatoms. The van der Waals surface area contributed by atoms with E-state index in [1.54, 1.807) is 6.26 Å². The van der Waals surface area contributed by atoms with E-state index in [1.165, 1.54) is 10.5 Å². The smallest absolute Gasteiger partial charge is 0.407 e. The number of hydrogen-bond donors (Lipinski definition) is 2. The van der Waals surface area contributed by atoms with Gasteiger partial charge in [-0.1, -0.05) is 12.1 Å². The molecule has 0 saturated carbocycles. The largest absolute Gasteiger partial charge is 0.465 e. The van der Waals surface area contributed by atoms with Crippen LogP contribution in [0.4, 0.5) is 4.79 Å². The van der Waals surface area contributed by atoms with Gasteiger partial charge in [0.25, 0.3) is 0 Å². The Morgan fingerprint density at radius 2 is 1.96 bits per heavy atom.